The quantitative estimate of drug-likeness (QED) is 0.593. The van der Waals surface area contributed by atoms with Gasteiger partial charge in [0.1, 0.15) is 0 Å². The Kier molecular flexibility index (Phi) is 2.79. The smallest absolute Gasteiger partial charge is 0.221 e. The highest BCUT2D eigenvalue weighted by molar-refractivity contribution is 8.00. The molecule has 0 saturated carbocycles. The normalized spacial score (nSPS) is 28.2. The van der Waals surface area contributed by atoms with Crippen molar-refractivity contribution in [2.45, 2.75) is 24.0 Å². The summed E-state index contributed by atoms with van der Waals surface area (Å²) >= 11 is 1.99. The van der Waals surface area contributed by atoms with Crippen LogP contribution < -0.4 is 10.6 Å². The molecule has 2 aliphatic heterocycles. The van der Waals surface area contributed by atoms with Gasteiger partial charge in [0.2, 0.25) is 5.91 Å². The third-order valence-electron chi connectivity index (χ3n) is 2.83. The first-order valence-electron chi connectivity index (χ1n) is 4.92. The van der Waals surface area contributed by atoms with E-state index in [1.54, 1.807) is 0 Å². The number of nitrogens with one attached hydrogen (secondary N) is 2. The monoisotopic (exact) mass is 200 g/mol. The topological polar surface area (TPSA) is 41.1 Å². The van der Waals surface area contributed by atoms with Gasteiger partial charge in [0.05, 0.1) is 0 Å². The van der Waals surface area contributed by atoms with Crippen molar-refractivity contribution in [1.29, 1.82) is 0 Å². The van der Waals surface area contributed by atoms with Crippen LogP contribution in [0.3, 0.4) is 0 Å². The number of carbonyl (C=O) groups excluding carboxylic acids is 1. The predicted molar refractivity (Wildman–Crippen MR) is 54.9 cm³/mol. The van der Waals surface area contributed by atoms with Gasteiger partial charge in [-0.2, -0.15) is 11.8 Å². The van der Waals surface area contributed by atoms with Crippen molar-refractivity contribution in [2.75, 3.05) is 25.4 Å². The van der Waals surface area contributed by atoms with E-state index in [1.807, 2.05) is 11.8 Å². The van der Waals surface area contributed by atoms with Gasteiger partial charge in [-0.15, -0.1) is 0 Å². The van der Waals surface area contributed by atoms with Gasteiger partial charge in [-0.05, 0) is 25.9 Å². The summed E-state index contributed by atoms with van der Waals surface area (Å²) in [6.07, 6.45) is 3.01. The van der Waals surface area contributed by atoms with Crippen LogP contribution in [0.5, 0.6) is 0 Å². The molecule has 74 valence electrons. The molecule has 0 unspecified atom stereocenters. The average Bonchev–Trinajstić information content (AvgIpc) is 2.29. The molecule has 0 bridgehead atoms. The summed E-state index contributed by atoms with van der Waals surface area (Å²) in [6.45, 7) is 2.99. The minimum atomic E-state index is 0.243. The molecule has 1 amide bonds. The molecule has 0 aromatic carbocycles. The Hall–Kier alpha value is -0.220. The van der Waals surface area contributed by atoms with Gasteiger partial charge in [-0.25, -0.2) is 0 Å². The van der Waals surface area contributed by atoms with E-state index in [4.69, 9.17) is 0 Å². The minimum absolute atomic E-state index is 0.243. The Balaban J connectivity index is 2.04. The maximum atomic E-state index is 11.4. The van der Waals surface area contributed by atoms with Gasteiger partial charge >= 0.3 is 0 Å². The summed E-state index contributed by atoms with van der Waals surface area (Å²) in [7, 11) is 0. The van der Waals surface area contributed by atoms with E-state index < -0.39 is 0 Å². The van der Waals surface area contributed by atoms with Crippen LogP contribution in [0.1, 0.15) is 19.3 Å². The highest BCUT2D eigenvalue weighted by Gasteiger charge is 2.35. The molecule has 2 saturated heterocycles. The van der Waals surface area contributed by atoms with E-state index in [-0.39, 0.29) is 10.7 Å². The van der Waals surface area contributed by atoms with Crippen LogP contribution in [0.4, 0.5) is 0 Å². The molecular weight excluding hydrogens is 184 g/mol. The molecule has 2 heterocycles. The van der Waals surface area contributed by atoms with Gasteiger partial charge in [-0.3, -0.25) is 4.79 Å². The highest BCUT2D eigenvalue weighted by atomic mass is 32.2. The molecule has 3 nitrogen and oxygen atoms in total. The number of hydrogen-bond donors (Lipinski definition) is 2. The molecule has 0 aromatic rings. The second-order valence-corrected chi connectivity index (χ2v) is 5.37. The van der Waals surface area contributed by atoms with Crippen LogP contribution >= 0.6 is 11.8 Å². The van der Waals surface area contributed by atoms with Crippen molar-refractivity contribution in [3.05, 3.63) is 0 Å². The SMILES string of the molecule is O=C1CC2(CCNCC2)SCCN1. The molecule has 2 N–H and O–H groups in total. The largest absolute Gasteiger partial charge is 0.355 e. The Bertz CT molecular complexity index is 202. The standard InChI is InChI=1S/C9H16N2OS/c12-8-7-9(13-6-5-11-8)1-3-10-4-2-9/h10H,1-7H2,(H,11,12). The molecular formula is C9H16N2OS. The molecule has 2 fully saturated rings. The van der Waals surface area contributed by atoms with E-state index in [0.29, 0.717) is 0 Å². The Morgan fingerprint density at radius 3 is 2.77 bits per heavy atom. The van der Waals surface area contributed by atoms with E-state index in [1.165, 1.54) is 0 Å². The van der Waals surface area contributed by atoms with Crippen LogP contribution in [0.2, 0.25) is 0 Å². The number of carbonyl (C=O) groups is 1. The molecule has 13 heavy (non-hydrogen) atoms. The zero-order chi connectivity index (χ0) is 9.15. The van der Waals surface area contributed by atoms with Gasteiger partial charge in [-0.1, -0.05) is 0 Å². The summed E-state index contributed by atoms with van der Waals surface area (Å²) < 4.78 is 0.256. The van der Waals surface area contributed by atoms with Crippen molar-refractivity contribution < 1.29 is 4.79 Å². The minimum Gasteiger partial charge on any atom is -0.355 e. The maximum Gasteiger partial charge on any atom is 0.221 e. The van der Waals surface area contributed by atoms with Gasteiger partial charge in [0.25, 0.3) is 0 Å². The molecule has 4 heteroatoms. The summed E-state index contributed by atoms with van der Waals surface area (Å²) in [5.41, 5.74) is 0. The van der Waals surface area contributed by atoms with Crippen molar-refractivity contribution in [3.63, 3.8) is 0 Å². The summed E-state index contributed by atoms with van der Waals surface area (Å²) in [6, 6.07) is 0. The van der Waals surface area contributed by atoms with Gasteiger partial charge in [0, 0.05) is 23.5 Å². The number of piperidine rings is 1. The highest BCUT2D eigenvalue weighted by Crippen LogP contribution is 2.38. The number of rotatable bonds is 0. The van der Waals surface area contributed by atoms with Crippen LogP contribution in [-0.2, 0) is 4.79 Å². The zero-order valence-corrected chi connectivity index (χ0v) is 8.58. The average molecular weight is 200 g/mol. The first-order valence-corrected chi connectivity index (χ1v) is 5.91. The van der Waals surface area contributed by atoms with E-state index in [0.717, 1.165) is 44.6 Å². The van der Waals surface area contributed by atoms with E-state index >= 15 is 0 Å². The summed E-state index contributed by atoms with van der Waals surface area (Å²) in [5, 5.41) is 6.28. The maximum absolute atomic E-state index is 11.4. The number of hydrogen-bond acceptors (Lipinski definition) is 3. The molecule has 0 aromatic heterocycles. The lowest BCUT2D eigenvalue weighted by Crippen LogP contribution is -2.41. The van der Waals surface area contributed by atoms with Crippen LogP contribution in [-0.4, -0.2) is 36.0 Å². The van der Waals surface area contributed by atoms with E-state index in [2.05, 4.69) is 10.6 Å². The van der Waals surface area contributed by atoms with E-state index in [9.17, 15) is 4.79 Å². The van der Waals surface area contributed by atoms with Crippen LogP contribution in [0, 0.1) is 0 Å². The molecule has 2 aliphatic rings. The first-order chi connectivity index (χ1) is 6.31. The van der Waals surface area contributed by atoms with Gasteiger partial charge in [0.15, 0.2) is 0 Å². The van der Waals surface area contributed by atoms with Crippen LogP contribution in [0.25, 0.3) is 0 Å². The molecule has 1 spiro atoms. The van der Waals surface area contributed by atoms with Crippen molar-refractivity contribution in [1.82, 2.24) is 10.6 Å². The second kappa shape index (κ2) is 3.88. The van der Waals surface area contributed by atoms with Crippen molar-refractivity contribution in [3.8, 4) is 0 Å². The van der Waals surface area contributed by atoms with Gasteiger partial charge < -0.3 is 10.6 Å². The van der Waals surface area contributed by atoms with Crippen molar-refractivity contribution in [2.24, 2.45) is 0 Å². The van der Waals surface area contributed by atoms with Crippen LogP contribution in [0.15, 0.2) is 0 Å². The fourth-order valence-electron chi connectivity index (χ4n) is 2.07. The molecule has 2 rings (SSSR count). The third-order valence-corrected chi connectivity index (χ3v) is 4.40. The molecule has 0 aliphatic carbocycles. The molecule has 0 radical (unpaired) electrons. The predicted octanol–water partition coefficient (Wildman–Crippen LogP) is 0.362. The Labute approximate surface area is 83.0 Å². The summed E-state index contributed by atoms with van der Waals surface area (Å²) in [5.74, 6) is 1.32. The summed E-state index contributed by atoms with van der Waals surface area (Å²) in [4.78, 5) is 11.4. The Morgan fingerprint density at radius 2 is 2.00 bits per heavy atom. The second-order valence-electron chi connectivity index (χ2n) is 3.81. The first kappa shape index (κ1) is 9.34. The van der Waals surface area contributed by atoms with Crippen molar-refractivity contribution >= 4 is 17.7 Å². The fraction of sp³-hybridized carbons (Fsp3) is 0.889. The number of thioether (sulfide) groups is 1. The fourth-order valence-corrected chi connectivity index (χ4v) is 3.43. The lowest BCUT2D eigenvalue weighted by atomic mass is 9.93. The third kappa shape index (κ3) is 2.17. The Morgan fingerprint density at radius 1 is 1.23 bits per heavy atom. The number of amides is 1. The lowest BCUT2D eigenvalue weighted by molar-refractivity contribution is -0.121. The zero-order valence-electron chi connectivity index (χ0n) is 7.77. The lowest BCUT2D eigenvalue weighted by Gasteiger charge is -2.35. The molecule has 0 atom stereocenters.